The zero-order valence-electron chi connectivity index (χ0n) is 26.8. The standard InChI is InChI=1S/C36H42FN5O3/c1-25(2)40-18-7-19-42(34(43)22-27-10-16-31(45-5)17-11-27)35-26(3)8-6-9-29(35)24-41(21-20-40)36(44)33-23-32(38-39(33)4)28-12-14-30(37)15-13-28/h6,8-17,23,25H,7,18-22,24H2,1-5H3. The van der Waals surface area contributed by atoms with E-state index in [0.717, 1.165) is 46.7 Å². The SMILES string of the molecule is COc1ccc(CC(=O)N2CCCN(C(C)C)CCN(C(=O)c3cc(-c4ccc(F)cc4)nn3C)Cc3cccc(C)c32)cc1. The molecule has 0 saturated heterocycles. The number of hydrogen-bond donors (Lipinski definition) is 0. The molecule has 1 aliphatic heterocycles. The number of para-hydroxylation sites is 1. The topological polar surface area (TPSA) is 70.9 Å². The molecule has 236 valence electrons. The van der Waals surface area contributed by atoms with Crippen LogP contribution in [0, 0.1) is 12.7 Å². The normalized spacial score (nSPS) is 14.6. The van der Waals surface area contributed by atoms with Gasteiger partial charge in [0.05, 0.1) is 24.9 Å². The van der Waals surface area contributed by atoms with E-state index in [9.17, 15) is 14.0 Å². The van der Waals surface area contributed by atoms with Gasteiger partial charge in [-0.3, -0.25) is 19.2 Å². The minimum Gasteiger partial charge on any atom is -0.497 e. The van der Waals surface area contributed by atoms with E-state index in [-0.39, 0.29) is 30.1 Å². The van der Waals surface area contributed by atoms with Gasteiger partial charge in [0.1, 0.15) is 17.3 Å². The molecule has 5 rings (SSSR count). The molecular formula is C36H42FN5O3. The summed E-state index contributed by atoms with van der Waals surface area (Å²) in [7, 11) is 3.38. The number of ether oxygens (including phenoxy) is 1. The quantitative estimate of drug-likeness (QED) is 0.273. The first-order valence-corrected chi connectivity index (χ1v) is 15.5. The number of benzene rings is 3. The Bertz CT molecular complexity index is 1630. The van der Waals surface area contributed by atoms with Crippen molar-refractivity contribution in [3.05, 3.63) is 101 Å². The fraction of sp³-hybridized carbons (Fsp3) is 0.361. The first kappa shape index (κ1) is 31.9. The number of carbonyl (C=O) groups excluding carboxylic acids is 2. The van der Waals surface area contributed by atoms with Crippen LogP contribution in [0.5, 0.6) is 5.75 Å². The molecule has 2 heterocycles. The fourth-order valence-corrected chi connectivity index (χ4v) is 5.97. The van der Waals surface area contributed by atoms with Crippen LogP contribution in [-0.2, 0) is 24.8 Å². The van der Waals surface area contributed by atoms with Crippen molar-refractivity contribution in [2.75, 3.05) is 38.2 Å². The molecule has 0 fully saturated rings. The first-order chi connectivity index (χ1) is 21.6. The molecule has 1 aromatic heterocycles. The number of aromatic nitrogens is 2. The highest BCUT2D eigenvalue weighted by Gasteiger charge is 2.27. The molecule has 0 spiro atoms. The zero-order chi connectivity index (χ0) is 32.1. The summed E-state index contributed by atoms with van der Waals surface area (Å²) in [6, 6.07) is 21.8. The van der Waals surface area contributed by atoms with Gasteiger partial charge in [-0.1, -0.05) is 30.3 Å². The van der Waals surface area contributed by atoms with E-state index in [0.29, 0.717) is 37.6 Å². The maximum absolute atomic E-state index is 14.2. The summed E-state index contributed by atoms with van der Waals surface area (Å²) in [5.41, 5.74) is 5.48. The number of aryl methyl sites for hydroxylation is 2. The van der Waals surface area contributed by atoms with Crippen molar-refractivity contribution < 1.29 is 18.7 Å². The second kappa shape index (κ2) is 14.1. The van der Waals surface area contributed by atoms with Gasteiger partial charge in [0.2, 0.25) is 5.91 Å². The molecule has 45 heavy (non-hydrogen) atoms. The summed E-state index contributed by atoms with van der Waals surface area (Å²) >= 11 is 0. The van der Waals surface area contributed by atoms with Crippen molar-refractivity contribution in [1.82, 2.24) is 19.6 Å². The summed E-state index contributed by atoms with van der Waals surface area (Å²) < 4.78 is 20.4. The highest BCUT2D eigenvalue weighted by Crippen LogP contribution is 2.30. The zero-order valence-corrected chi connectivity index (χ0v) is 26.8. The van der Waals surface area contributed by atoms with E-state index in [1.807, 2.05) is 59.2 Å². The molecule has 0 saturated carbocycles. The Labute approximate surface area is 265 Å². The second-order valence-corrected chi connectivity index (χ2v) is 11.9. The number of anilines is 1. The number of halogens is 1. The molecule has 0 N–H and O–H groups in total. The van der Waals surface area contributed by atoms with E-state index in [1.54, 1.807) is 37.0 Å². The van der Waals surface area contributed by atoms with Crippen LogP contribution in [-0.4, -0.2) is 70.7 Å². The average Bonchev–Trinajstić information content (AvgIpc) is 3.40. The maximum atomic E-state index is 14.2. The number of amides is 2. The smallest absolute Gasteiger partial charge is 0.272 e. The number of rotatable bonds is 6. The predicted octanol–water partition coefficient (Wildman–Crippen LogP) is 5.88. The van der Waals surface area contributed by atoms with Crippen LogP contribution < -0.4 is 9.64 Å². The molecule has 0 unspecified atom stereocenters. The van der Waals surface area contributed by atoms with E-state index in [2.05, 4.69) is 23.8 Å². The van der Waals surface area contributed by atoms with Crippen LogP contribution in [0.3, 0.4) is 0 Å². The molecule has 1 aliphatic rings. The lowest BCUT2D eigenvalue weighted by atomic mass is 10.0. The number of methoxy groups -OCH3 is 1. The van der Waals surface area contributed by atoms with Crippen LogP contribution in [0.25, 0.3) is 11.3 Å². The van der Waals surface area contributed by atoms with Crippen molar-refractivity contribution >= 4 is 17.5 Å². The lowest BCUT2D eigenvalue weighted by Gasteiger charge is -2.30. The van der Waals surface area contributed by atoms with Crippen molar-refractivity contribution in [2.24, 2.45) is 7.05 Å². The Balaban J connectivity index is 1.50. The molecule has 0 bridgehead atoms. The van der Waals surface area contributed by atoms with E-state index < -0.39 is 0 Å². The largest absolute Gasteiger partial charge is 0.497 e. The predicted molar refractivity (Wildman–Crippen MR) is 175 cm³/mol. The van der Waals surface area contributed by atoms with E-state index >= 15 is 0 Å². The summed E-state index contributed by atoms with van der Waals surface area (Å²) in [6.45, 7) is 9.27. The van der Waals surface area contributed by atoms with Crippen LogP contribution in [0.2, 0.25) is 0 Å². The van der Waals surface area contributed by atoms with E-state index in [4.69, 9.17) is 4.74 Å². The van der Waals surface area contributed by atoms with Crippen LogP contribution in [0.1, 0.15) is 47.4 Å². The molecule has 8 nitrogen and oxygen atoms in total. The molecule has 0 atom stereocenters. The highest BCUT2D eigenvalue weighted by molar-refractivity contribution is 5.97. The molecule has 4 aromatic rings. The third kappa shape index (κ3) is 7.42. The lowest BCUT2D eigenvalue weighted by Crippen LogP contribution is -2.41. The maximum Gasteiger partial charge on any atom is 0.272 e. The van der Waals surface area contributed by atoms with Crippen LogP contribution in [0.4, 0.5) is 10.1 Å². The van der Waals surface area contributed by atoms with Gasteiger partial charge in [0, 0.05) is 51.4 Å². The van der Waals surface area contributed by atoms with Crippen molar-refractivity contribution in [1.29, 1.82) is 0 Å². The third-order valence-electron chi connectivity index (χ3n) is 8.51. The van der Waals surface area contributed by atoms with Gasteiger partial charge in [-0.05, 0) is 86.3 Å². The minimum atomic E-state index is -0.324. The van der Waals surface area contributed by atoms with Gasteiger partial charge in [-0.2, -0.15) is 5.10 Å². The van der Waals surface area contributed by atoms with Gasteiger partial charge >= 0.3 is 0 Å². The van der Waals surface area contributed by atoms with E-state index in [1.165, 1.54) is 12.1 Å². The monoisotopic (exact) mass is 611 g/mol. The second-order valence-electron chi connectivity index (χ2n) is 11.9. The summed E-state index contributed by atoms with van der Waals surface area (Å²) in [6.07, 6.45) is 1.06. The Morgan fingerprint density at radius 1 is 0.956 bits per heavy atom. The molecule has 2 amide bonds. The first-order valence-electron chi connectivity index (χ1n) is 15.5. The summed E-state index contributed by atoms with van der Waals surface area (Å²) in [5, 5.41) is 4.58. The molecule has 0 radical (unpaired) electrons. The van der Waals surface area contributed by atoms with Gasteiger partial charge in [0.25, 0.3) is 5.91 Å². The number of fused-ring (bicyclic) bond motifs is 1. The number of carbonyl (C=O) groups is 2. The van der Waals surface area contributed by atoms with Crippen LogP contribution in [0.15, 0.2) is 72.8 Å². The highest BCUT2D eigenvalue weighted by atomic mass is 19.1. The Kier molecular flexibility index (Phi) is 9.98. The number of nitrogens with zero attached hydrogens (tertiary/aromatic N) is 5. The lowest BCUT2D eigenvalue weighted by molar-refractivity contribution is -0.118. The van der Waals surface area contributed by atoms with Crippen molar-refractivity contribution in [3.8, 4) is 17.0 Å². The summed E-state index contributed by atoms with van der Waals surface area (Å²) in [4.78, 5) is 34.4. The molecule has 0 aliphatic carbocycles. The van der Waals surface area contributed by atoms with Gasteiger partial charge < -0.3 is 14.5 Å². The van der Waals surface area contributed by atoms with Crippen LogP contribution >= 0.6 is 0 Å². The summed E-state index contributed by atoms with van der Waals surface area (Å²) in [5.74, 6) is 0.290. The van der Waals surface area contributed by atoms with Gasteiger partial charge in [-0.15, -0.1) is 0 Å². The Morgan fingerprint density at radius 2 is 1.69 bits per heavy atom. The minimum absolute atomic E-state index is 0.0134. The van der Waals surface area contributed by atoms with Gasteiger partial charge in [0.15, 0.2) is 0 Å². The third-order valence-corrected chi connectivity index (χ3v) is 8.51. The molecule has 3 aromatic carbocycles. The Morgan fingerprint density at radius 3 is 2.38 bits per heavy atom. The number of hydrogen-bond acceptors (Lipinski definition) is 5. The van der Waals surface area contributed by atoms with Gasteiger partial charge in [-0.25, -0.2) is 4.39 Å². The van der Waals surface area contributed by atoms with Crippen molar-refractivity contribution in [2.45, 2.75) is 46.2 Å². The molecule has 9 heteroatoms. The fourth-order valence-electron chi connectivity index (χ4n) is 5.97. The average molecular weight is 612 g/mol. The Hall–Kier alpha value is -4.50. The molecular weight excluding hydrogens is 569 g/mol. The van der Waals surface area contributed by atoms with Crippen molar-refractivity contribution in [3.63, 3.8) is 0 Å².